The van der Waals surface area contributed by atoms with Crippen molar-refractivity contribution in [2.24, 2.45) is 0 Å². The molecule has 1 heterocycles. The van der Waals surface area contributed by atoms with Gasteiger partial charge in [0.25, 0.3) is 5.91 Å². The molecule has 1 aliphatic heterocycles. The van der Waals surface area contributed by atoms with Gasteiger partial charge in [0, 0.05) is 31.8 Å². The molecule has 3 aromatic carbocycles. The number of aryl methyl sites for hydroxylation is 1. The minimum absolute atomic E-state index is 0.135. The van der Waals surface area contributed by atoms with Gasteiger partial charge in [0.05, 0.1) is 19.3 Å². The Bertz CT molecular complexity index is 1300. The van der Waals surface area contributed by atoms with Gasteiger partial charge in [0.15, 0.2) is 0 Å². The summed E-state index contributed by atoms with van der Waals surface area (Å²) >= 11 is 1.56. The van der Waals surface area contributed by atoms with Gasteiger partial charge in [-0.3, -0.25) is 9.69 Å². The van der Waals surface area contributed by atoms with Crippen LogP contribution < -0.4 is 5.32 Å². The second kappa shape index (κ2) is 15.2. The molecule has 41 heavy (non-hydrogen) atoms. The fourth-order valence-electron chi connectivity index (χ4n) is 5.31. The Morgan fingerprint density at radius 2 is 1.80 bits per heavy atom. The number of thioether (sulfide) groups is 1. The lowest BCUT2D eigenvalue weighted by molar-refractivity contribution is -0.139. The van der Waals surface area contributed by atoms with Crippen LogP contribution >= 0.6 is 11.8 Å². The number of nitrogens with one attached hydrogen (secondary N) is 1. The molecule has 4 rings (SSSR count). The summed E-state index contributed by atoms with van der Waals surface area (Å²) in [4.78, 5) is 27.6. The summed E-state index contributed by atoms with van der Waals surface area (Å²) in [5, 5.41) is 12.4. The molecule has 2 N–H and O–H groups in total. The van der Waals surface area contributed by atoms with E-state index in [4.69, 9.17) is 9.47 Å². The number of amides is 1. The number of carboxylic acids is 1. The van der Waals surface area contributed by atoms with Crippen LogP contribution in [0, 0.1) is 6.92 Å². The first-order valence-corrected chi connectivity index (χ1v) is 15.4. The molecule has 0 spiro atoms. The zero-order valence-corrected chi connectivity index (χ0v) is 24.9. The number of likely N-dealkylation sites (tertiary alicyclic amines) is 1. The highest BCUT2D eigenvalue weighted by atomic mass is 32.2. The number of rotatable bonds is 14. The van der Waals surface area contributed by atoms with Gasteiger partial charge in [0.2, 0.25) is 0 Å². The number of hydrogen-bond acceptors (Lipinski definition) is 6. The molecule has 1 saturated heterocycles. The lowest BCUT2D eigenvalue weighted by Gasteiger charge is -2.25. The van der Waals surface area contributed by atoms with Crippen LogP contribution in [-0.2, 0) is 27.4 Å². The fourth-order valence-corrected chi connectivity index (χ4v) is 5.78. The van der Waals surface area contributed by atoms with Gasteiger partial charge < -0.3 is 19.9 Å². The van der Waals surface area contributed by atoms with Gasteiger partial charge in [0.1, 0.15) is 6.04 Å². The number of methoxy groups -OCH3 is 1. The van der Waals surface area contributed by atoms with Crippen LogP contribution in [0.2, 0.25) is 0 Å². The van der Waals surface area contributed by atoms with E-state index >= 15 is 0 Å². The predicted octanol–water partition coefficient (Wildman–Crippen LogP) is 5.40. The van der Waals surface area contributed by atoms with Crippen molar-refractivity contribution in [3.05, 3.63) is 95.1 Å². The second-order valence-electron chi connectivity index (χ2n) is 10.5. The Kier molecular flexibility index (Phi) is 11.4. The van der Waals surface area contributed by atoms with Gasteiger partial charge >= 0.3 is 5.97 Å². The van der Waals surface area contributed by atoms with Crippen molar-refractivity contribution in [1.29, 1.82) is 0 Å². The Morgan fingerprint density at radius 1 is 1.05 bits per heavy atom. The van der Waals surface area contributed by atoms with Gasteiger partial charge in [-0.2, -0.15) is 11.8 Å². The molecule has 7 nitrogen and oxygen atoms in total. The summed E-state index contributed by atoms with van der Waals surface area (Å²) in [5.74, 6) is -0.755. The van der Waals surface area contributed by atoms with E-state index < -0.39 is 12.0 Å². The van der Waals surface area contributed by atoms with E-state index in [0.717, 1.165) is 40.8 Å². The molecule has 218 valence electrons. The molecule has 2 unspecified atom stereocenters. The third kappa shape index (κ3) is 8.42. The van der Waals surface area contributed by atoms with E-state index in [0.29, 0.717) is 37.5 Å². The highest BCUT2D eigenvalue weighted by molar-refractivity contribution is 7.98. The van der Waals surface area contributed by atoms with Crippen molar-refractivity contribution in [2.45, 2.75) is 51.1 Å². The molecule has 8 heteroatoms. The number of carbonyl (C=O) groups excluding carboxylic acids is 1. The molecule has 1 amide bonds. The SMILES string of the molecule is COC1CC(COCc2ccccc2)N(Cc2ccc(C(=O)N[C@@H](CCSC)C(=O)O)c(-c3ccccc3C)c2)C1. The molecule has 0 bridgehead atoms. The lowest BCUT2D eigenvalue weighted by atomic mass is 9.93. The molecule has 3 aromatic rings. The number of hydrogen-bond donors (Lipinski definition) is 2. The molecule has 1 aliphatic rings. The summed E-state index contributed by atoms with van der Waals surface area (Å²) in [6.07, 6.45) is 3.31. The van der Waals surface area contributed by atoms with Crippen molar-refractivity contribution in [1.82, 2.24) is 10.2 Å². The van der Waals surface area contributed by atoms with Crippen LogP contribution in [0.4, 0.5) is 0 Å². The Morgan fingerprint density at radius 3 is 2.51 bits per heavy atom. The van der Waals surface area contributed by atoms with E-state index in [1.807, 2.05) is 67.8 Å². The summed E-state index contributed by atoms with van der Waals surface area (Å²) in [5.41, 5.74) is 5.49. The normalized spacial score (nSPS) is 17.8. The molecule has 3 atom stereocenters. The number of carbonyl (C=O) groups is 2. The summed E-state index contributed by atoms with van der Waals surface area (Å²) in [7, 11) is 1.75. The number of carboxylic acid groups (broad SMARTS) is 1. The minimum atomic E-state index is -1.02. The first-order chi connectivity index (χ1) is 19.9. The molecule has 0 saturated carbocycles. The average molecular weight is 577 g/mol. The largest absolute Gasteiger partial charge is 0.480 e. The van der Waals surface area contributed by atoms with Gasteiger partial charge in [-0.15, -0.1) is 0 Å². The van der Waals surface area contributed by atoms with Crippen LogP contribution in [0.15, 0.2) is 72.8 Å². The van der Waals surface area contributed by atoms with E-state index in [1.165, 1.54) is 0 Å². The standard InChI is InChI=1S/C33H40N2O5S/c1-23-9-7-8-12-28(23)30-17-25(13-14-29(30)32(36)34-31(33(37)38)15-16-41-3)19-35-20-27(39-2)18-26(35)22-40-21-24-10-5-4-6-11-24/h4-14,17,26-27,31H,15-16,18-22H2,1-3H3,(H,34,36)(H,37,38)/t26?,27?,31-/m0/s1. The van der Waals surface area contributed by atoms with Gasteiger partial charge in [-0.1, -0.05) is 60.7 Å². The lowest BCUT2D eigenvalue weighted by Crippen LogP contribution is -2.41. The first-order valence-electron chi connectivity index (χ1n) is 14.0. The maximum Gasteiger partial charge on any atom is 0.326 e. The summed E-state index contributed by atoms with van der Waals surface area (Å²) < 4.78 is 11.8. The minimum Gasteiger partial charge on any atom is -0.480 e. The van der Waals surface area contributed by atoms with Crippen molar-refractivity contribution >= 4 is 23.6 Å². The van der Waals surface area contributed by atoms with Gasteiger partial charge in [-0.25, -0.2) is 4.79 Å². The topological polar surface area (TPSA) is 88.1 Å². The van der Waals surface area contributed by atoms with Crippen molar-refractivity contribution in [3.8, 4) is 11.1 Å². The Labute approximate surface area is 247 Å². The van der Waals surface area contributed by atoms with E-state index in [1.54, 1.807) is 18.9 Å². The smallest absolute Gasteiger partial charge is 0.326 e. The number of nitrogens with zero attached hydrogens (tertiary/aromatic N) is 1. The maximum absolute atomic E-state index is 13.4. The Hall–Kier alpha value is -3.17. The number of benzene rings is 3. The van der Waals surface area contributed by atoms with E-state index in [9.17, 15) is 14.7 Å². The highest BCUT2D eigenvalue weighted by Gasteiger charge is 2.32. The van der Waals surface area contributed by atoms with Crippen LogP contribution in [0.3, 0.4) is 0 Å². The molecular weight excluding hydrogens is 536 g/mol. The zero-order valence-electron chi connectivity index (χ0n) is 24.0. The maximum atomic E-state index is 13.4. The zero-order chi connectivity index (χ0) is 29.2. The van der Waals surface area contributed by atoms with Crippen molar-refractivity contribution in [3.63, 3.8) is 0 Å². The first kappa shape index (κ1) is 30.8. The third-order valence-corrected chi connectivity index (χ3v) is 8.25. The third-order valence-electron chi connectivity index (χ3n) is 7.61. The number of ether oxygens (including phenoxy) is 2. The monoisotopic (exact) mass is 576 g/mol. The number of aliphatic carboxylic acids is 1. The summed E-state index contributed by atoms with van der Waals surface area (Å²) in [6.45, 7) is 4.68. The fraction of sp³-hybridized carbons (Fsp3) is 0.394. The quantitative estimate of drug-likeness (QED) is 0.266. The molecule has 0 radical (unpaired) electrons. The van der Waals surface area contributed by atoms with Crippen LogP contribution in [0.1, 0.15) is 39.9 Å². The molecule has 1 fully saturated rings. The van der Waals surface area contributed by atoms with Crippen molar-refractivity contribution < 1.29 is 24.2 Å². The van der Waals surface area contributed by atoms with E-state index in [-0.39, 0.29) is 18.1 Å². The van der Waals surface area contributed by atoms with E-state index in [2.05, 4.69) is 28.4 Å². The molecule has 0 aromatic heterocycles. The van der Waals surface area contributed by atoms with Gasteiger partial charge in [-0.05, 0) is 71.7 Å². The van der Waals surface area contributed by atoms with Crippen LogP contribution in [0.5, 0.6) is 0 Å². The summed E-state index contributed by atoms with van der Waals surface area (Å²) in [6, 6.07) is 23.3. The predicted molar refractivity (Wildman–Crippen MR) is 164 cm³/mol. The van der Waals surface area contributed by atoms with Crippen LogP contribution in [-0.4, -0.2) is 72.3 Å². The average Bonchev–Trinajstić information content (AvgIpc) is 3.37. The molecular formula is C33H40N2O5S. The highest BCUT2D eigenvalue weighted by Crippen LogP contribution is 2.30. The van der Waals surface area contributed by atoms with Crippen LogP contribution in [0.25, 0.3) is 11.1 Å². The Balaban J connectivity index is 1.55. The van der Waals surface area contributed by atoms with Crippen molar-refractivity contribution in [2.75, 3.05) is 32.3 Å². The second-order valence-corrected chi connectivity index (χ2v) is 11.5. The molecule has 0 aliphatic carbocycles.